The van der Waals surface area contributed by atoms with Gasteiger partial charge in [0, 0.05) is 13.6 Å². The van der Waals surface area contributed by atoms with E-state index >= 15 is 0 Å². The van der Waals surface area contributed by atoms with Crippen molar-refractivity contribution in [1.82, 2.24) is 9.96 Å². The van der Waals surface area contributed by atoms with Crippen LogP contribution in [0.25, 0.3) is 0 Å². The van der Waals surface area contributed by atoms with Gasteiger partial charge in [-0.2, -0.15) is 5.06 Å². The van der Waals surface area contributed by atoms with Gasteiger partial charge in [0.25, 0.3) is 0 Å². The zero-order valence-electron chi connectivity index (χ0n) is 10.5. The van der Waals surface area contributed by atoms with Crippen LogP contribution in [0.5, 0.6) is 0 Å². The van der Waals surface area contributed by atoms with Crippen LogP contribution in [0.4, 0.5) is 0 Å². The van der Waals surface area contributed by atoms with Crippen LogP contribution in [-0.2, 0) is 4.84 Å². The van der Waals surface area contributed by atoms with Crippen molar-refractivity contribution in [2.24, 2.45) is 0 Å². The molecule has 1 atom stereocenters. The van der Waals surface area contributed by atoms with Gasteiger partial charge in [0.15, 0.2) is 6.23 Å². The van der Waals surface area contributed by atoms with Gasteiger partial charge in [-0.05, 0) is 26.5 Å². The molecule has 16 heavy (non-hydrogen) atoms. The summed E-state index contributed by atoms with van der Waals surface area (Å²) in [6.45, 7) is 5.36. The molecule has 0 bridgehead atoms. The van der Waals surface area contributed by atoms with Crippen LogP contribution in [0, 0.1) is 0 Å². The molecule has 1 fully saturated rings. The average molecular weight is 220 g/mol. The molecule has 1 aliphatic heterocycles. The second kappa shape index (κ2) is 4.17. The molecule has 0 aliphatic carbocycles. The molecule has 1 aliphatic rings. The summed E-state index contributed by atoms with van der Waals surface area (Å²) < 4.78 is 0. The molecule has 1 unspecified atom stereocenters. The topological polar surface area (TPSA) is 15.7 Å². The first-order valence-corrected chi connectivity index (χ1v) is 5.66. The first-order valence-electron chi connectivity index (χ1n) is 5.66. The number of hydroxylamine groups is 2. The van der Waals surface area contributed by atoms with Crippen LogP contribution in [0.3, 0.4) is 0 Å². The fraction of sp³-hybridized carbons (Fsp3) is 0.538. The number of benzene rings is 1. The van der Waals surface area contributed by atoms with E-state index in [0.29, 0.717) is 0 Å². The number of nitrogens with zero attached hydrogens (tertiary/aromatic N) is 2. The van der Waals surface area contributed by atoms with Crippen LogP contribution >= 0.6 is 0 Å². The standard InChI is InChI=1S/C13H20N2O/c1-13(2)10-14(3)12(16-15(13)4)11-8-6-5-7-9-11/h5-9,12H,10H2,1-4H3. The first kappa shape index (κ1) is 11.6. The summed E-state index contributed by atoms with van der Waals surface area (Å²) in [6, 6.07) is 10.3. The summed E-state index contributed by atoms with van der Waals surface area (Å²) in [7, 11) is 4.11. The average Bonchev–Trinajstić information content (AvgIpc) is 2.24. The quantitative estimate of drug-likeness (QED) is 0.722. The van der Waals surface area contributed by atoms with Gasteiger partial charge in [-0.25, -0.2) is 0 Å². The van der Waals surface area contributed by atoms with E-state index in [1.54, 1.807) is 0 Å². The minimum absolute atomic E-state index is 0.0271. The molecule has 0 N–H and O–H groups in total. The predicted molar refractivity (Wildman–Crippen MR) is 64.7 cm³/mol. The molecule has 1 aromatic carbocycles. The van der Waals surface area contributed by atoms with Crippen LogP contribution in [0.1, 0.15) is 25.6 Å². The number of likely N-dealkylation sites (N-methyl/N-ethyl adjacent to an activating group) is 2. The highest BCUT2D eigenvalue weighted by atomic mass is 16.7. The molecule has 1 saturated heterocycles. The fourth-order valence-corrected chi connectivity index (χ4v) is 2.10. The number of hydrogen-bond acceptors (Lipinski definition) is 3. The highest BCUT2D eigenvalue weighted by Crippen LogP contribution is 2.31. The van der Waals surface area contributed by atoms with E-state index in [2.05, 4.69) is 37.9 Å². The van der Waals surface area contributed by atoms with E-state index in [0.717, 1.165) is 6.54 Å². The van der Waals surface area contributed by atoms with Crippen LogP contribution in [0.2, 0.25) is 0 Å². The van der Waals surface area contributed by atoms with Crippen molar-refractivity contribution in [3.8, 4) is 0 Å². The Balaban J connectivity index is 2.19. The molecular weight excluding hydrogens is 200 g/mol. The van der Waals surface area contributed by atoms with E-state index in [1.165, 1.54) is 5.56 Å². The van der Waals surface area contributed by atoms with E-state index in [-0.39, 0.29) is 11.8 Å². The molecule has 0 aromatic heterocycles. The Morgan fingerprint density at radius 3 is 2.44 bits per heavy atom. The monoisotopic (exact) mass is 220 g/mol. The van der Waals surface area contributed by atoms with Crippen LogP contribution in [-0.4, -0.2) is 36.1 Å². The van der Waals surface area contributed by atoms with Crippen molar-refractivity contribution in [2.45, 2.75) is 25.6 Å². The molecule has 0 saturated carbocycles. The third kappa shape index (κ3) is 2.12. The molecule has 1 aromatic rings. The van der Waals surface area contributed by atoms with Crippen molar-refractivity contribution in [1.29, 1.82) is 0 Å². The Morgan fingerprint density at radius 2 is 1.81 bits per heavy atom. The SMILES string of the molecule is CN1CC(C)(C)N(C)OC1c1ccccc1. The van der Waals surface area contributed by atoms with Gasteiger partial charge in [-0.1, -0.05) is 30.3 Å². The summed E-state index contributed by atoms with van der Waals surface area (Å²) in [4.78, 5) is 8.20. The van der Waals surface area contributed by atoms with Gasteiger partial charge in [-0.15, -0.1) is 0 Å². The van der Waals surface area contributed by atoms with E-state index in [1.807, 2.05) is 30.3 Å². The highest BCUT2D eigenvalue weighted by Gasteiger charge is 2.36. The maximum Gasteiger partial charge on any atom is 0.157 e. The van der Waals surface area contributed by atoms with Gasteiger partial charge in [0.05, 0.1) is 5.54 Å². The second-order valence-electron chi connectivity index (χ2n) is 5.09. The Morgan fingerprint density at radius 1 is 1.19 bits per heavy atom. The minimum Gasteiger partial charge on any atom is -0.275 e. The molecular formula is C13H20N2O. The van der Waals surface area contributed by atoms with Gasteiger partial charge in [0.1, 0.15) is 0 Å². The van der Waals surface area contributed by atoms with E-state index in [4.69, 9.17) is 4.84 Å². The van der Waals surface area contributed by atoms with Gasteiger partial charge in [-0.3, -0.25) is 9.74 Å². The molecule has 2 rings (SSSR count). The number of rotatable bonds is 1. The Hall–Kier alpha value is -0.900. The van der Waals surface area contributed by atoms with Gasteiger partial charge in [0.2, 0.25) is 0 Å². The summed E-state index contributed by atoms with van der Waals surface area (Å²) >= 11 is 0. The normalized spacial score (nSPS) is 26.9. The fourth-order valence-electron chi connectivity index (χ4n) is 2.10. The summed E-state index contributed by atoms with van der Waals surface area (Å²) in [5.41, 5.74) is 1.26. The molecule has 0 spiro atoms. The third-order valence-corrected chi connectivity index (χ3v) is 3.23. The van der Waals surface area contributed by atoms with Crippen molar-refractivity contribution in [3.05, 3.63) is 35.9 Å². The van der Waals surface area contributed by atoms with Crippen molar-refractivity contribution >= 4 is 0 Å². The smallest absolute Gasteiger partial charge is 0.157 e. The van der Waals surface area contributed by atoms with Crippen LogP contribution < -0.4 is 0 Å². The molecule has 88 valence electrons. The van der Waals surface area contributed by atoms with E-state index in [9.17, 15) is 0 Å². The molecule has 1 heterocycles. The number of hydrogen-bond donors (Lipinski definition) is 0. The predicted octanol–water partition coefficient (Wildman–Crippen LogP) is 2.27. The lowest BCUT2D eigenvalue weighted by molar-refractivity contribution is -0.306. The zero-order chi connectivity index (χ0) is 11.8. The molecule has 0 amide bonds. The molecule has 0 radical (unpaired) electrons. The van der Waals surface area contributed by atoms with E-state index < -0.39 is 0 Å². The Kier molecular flexibility index (Phi) is 3.02. The lowest BCUT2D eigenvalue weighted by Crippen LogP contribution is -2.56. The van der Waals surface area contributed by atoms with Gasteiger partial charge >= 0.3 is 0 Å². The molecule has 3 heteroatoms. The zero-order valence-corrected chi connectivity index (χ0v) is 10.5. The Bertz CT molecular complexity index is 350. The minimum atomic E-state index is 0.0271. The van der Waals surface area contributed by atoms with Gasteiger partial charge < -0.3 is 0 Å². The maximum atomic E-state index is 5.96. The largest absolute Gasteiger partial charge is 0.275 e. The van der Waals surface area contributed by atoms with Crippen molar-refractivity contribution in [2.75, 3.05) is 20.6 Å². The summed E-state index contributed by atoms with van der Waals surface area (Å²) in [5.74, 6) is 0. The van der Waals surface area contributed by atoms with Crippen LogP contribution in [0.15, 0.2) is 30.3 Å². The Labute approximate surface area is 97.6 Å². The molecule has 3 nitrogen and oxygen atoms in total. The highest BCUT2D eigenvalue weighted by molar-refractivity contribution is 5.17. The third-order valence-electron chi connectivity index (χ3n) is 3.23. The second-order valence-corrected chi connectivity index (χ2v) is 5.09. The lowest BCUT2D eigenvalue weighted by Gasteiger charge is -2.47. The maximum absolute atomic E-state index is 5.96. The summed E-state index contributed by atoms with van der Waals surface area (Å²) in [6.07, 6.45) is 0.0271. The van der Waals surface area contributed by atoms with Crippen molar-refractivity contribution in [3.63, 3.8) is 0 Å². The lowest BCUT2D eigenvalue weighted by atomic mass is 10.0. The van der Waals surface area contributed by atoms with Crippen molar-refractivity contribution < 1.29 is 4.84 Å². The first-order chi connectivity index (χ1) is 7.50. The summed E-state index contributed by atoms with van der Waals surface area (Å²) in [5, 5.41) is 1.96.